The van der Waals surface area contributed by atoms with Crippen LogP contribution < -0.4 is 5.56 Å². The van der Waals surface area contributed by atoms with Gasteiger partial charge in [-0.25, -0.2) is 4.98 Å². The van der Waals surface area contributed by atoms with Gasteiger partial charge >= 0.3 is 0 Å². The van der Waals surface area contributed by atoms with Gasteiger partial charge in [-0.2, -0.15) is 0 Å². The predicted octanol–water partition coefficient (Wildman–Crippen LogP) is 1.13. The van der Waals surface area contributed by atoms with Crippen LogP contribution in [0.25, 0.3) is 0 Å². The van der Waals surface area contributed by atoms with Gasteiger partial charge in [0.2, 0.25) is 0 Å². The zero-order chi connectivity index (χ0) is 16.4. The lowest BCUT2D eigenvalue weighted by atomic mass is 10.0. The largest absolute Gasteiger partial charge is 0.380 e. The number of aromatic nitrogens is 2. The predicted molar refractivity (Wildman–Crippen MR) is 85.1 cm³/mol. The molecule has 6 nitrogen and oxygen atoms in total. The van der Waals surface area contributed by atoms with Gasteiger partial charge in [0.15, 0.2) is 0 Å². The van der Waals surface area contributed by atoms with Crippen molar-refractivity contribution in [3.63, 3.8) is 0 Å². The summed E-state index contributed by atoms with van der Waals surface area (Å²) >= 11 is 0. The second-order valence-electron chi connectivity index (χ2n) is 5.65. The highest BCUT2D eigenvalue weighted by atomic mass is 16.5. The first-order chi connectivity index (χ1) is 11.1. The normalized spacial score (nSPS) is 13.7. The summed E-state index contributed by atoms with van der Waals surface area (Å²) < 4.78 is 6.64. The lowest BCUT2D eigenvalue weighted by Gasteiger charge is -2.28. The lowest BCUT2D eigenvalue weighted by molar-refractivity contribution is 0.0726. The molecule has 3 rings (SSSR count). The molecule has 0 fully saturated rings. The van der Waals surface area contributed by atoms with Crippen LogP contribution in [0.2, 0.25) is 0 Å². The Bertz CT molecular complexity index is 798. The van der Waals surface area contributed by atoms with Gasteiger partial charge in [0.1, 0.15) is 0 Å². The maximum absolute atomic E-state index is 12.8. The van der Waals surface area contributed by atoms with Crippen molar-refractivity contribution in [2.75, 3.05) is 13.7 Å². The maximum atomic E-state index is 12.8. The van der Waals surface area contributed by atoms with Crippen LogP contribution in [-0.4, -0.2) is 34.0 Å². The van der Waals surface area contributed by atoms with Gasteiger partial charge in [-0.3, -0.25) is 9.59 Å². The fourth-order valence-corrected chi connectivity index (χ4v) is 2.87. The van der Waals surface area contributed by atoms with Crippen molar-refractivity contribution in [3.05, 3.63) is 63.3 Å². The molecule has 0 saturated carbocycles. The zero-order valence-corrected chi connectivity index (χ0v) is 13.3. The van der Waals surface area contributed by atoms with E-state index < -0.39 is 0 Å². The first kappa shape index (κ1) is 15.4. The highest BCUT2D eigenvalue weighted by molar-refractivity contribution is 5.95. The molecule has 0 bridgehead atoms. The van der Waals surface area contributed by atoms with Crippen LogP contribution in [0, 0.1) is 0 Å². The summed E-state index contributed by atoms with van der Waals surface area (Å²) in [5, 5.41) is 0. The average molecular weight is 313 g/mol. The van der Waals surface area contributed by atoms with Crippen molar-refractivity contribution in [3.8, 4) is 0 Å². The van der Waals surface area contributed by atoms with E-state index in [0.29, 0.717) is 42.9 Å². The van der Waals surface area contributed by atoms with E-state index in [-0.39, 0.29) is 11.5 Å². The molecule has 2 heterocycles. The third-order valence-electron chi connectivity index (χ3n) is 4.12. The number of hydrogen-bond acceptors (Lipinski definition) is 4. The minimum Gasteiger partial charge on any atom is -0.380 e. The third-order valence-corrected chi connectivity index (χ3v) is 4.12. The minimum atomic E-state index is -0.0502. The highest BCUT2D eigenvalue weighted by Gasteiger charge is 2.25. The van der Waals surface area contributed by atoms with Crippen LogP contribution in [0.15, 0.2) is 35.4 Å². The molecule has 0 N–H and O–H groups in total. The molecular formula is C17H19N3O3. The Morgan fingerprint density at radius 1 is 1.35 bits per heavy atom. The van der Waals surface area contributed by atoms with Crippen molar-refractivity contribution >= 4 is 5.91 Å². The topological polar surface area (TPSA) is 64.4 Å². The number of amides is 1. The number of carbonyl (C=O) groups excluding carboxylic acids is 1. The number of ether oxygens (including phenoxy) is 1. The molecule has 0 unspecified atom stereocenters. The van der Waals surface area contributed by atoms with Crippen LogP contribution >= 0.6 is 0 Å². The molecule has 0 radical (unpaired) electrons. The summed E-state index contributed by atoms with van der Waals surface area (Å²) in [7, 11) is 3.30. The Hall–Kier alpha value is -2.47. The molecule has 6 heteroatoms. The van der Waals surface area contributed by atoms with E-state index in [1.807, 2.05) is 24.3 Å². The smallest absolute Gasteiger partial charge is 0.256 e. The van der Waals surface area contributed by atoms with Crippen LogP contribution in [0.3, 0.4) is 0 Å². The molecule has 1 aliphatic rings. The van der Waals surface area contributed by atoms with Gasteiger partial charge in [0, 0.05) is 31.8 Å². The molecular weight excluding hydrogens is 294 g/mol. The fourth-order valence-electron chi connectivity index (χ4n) is 2.87. The number of fused-ring (bicyclic) bond motifs is 1. The summed E-state index contributed by atoms with van der Waals surface area (Å²) in [5.41, 5.74) is 2.88. The number of carbonyl (C=O) groups is 1. The second kappa shape index (κ2) is 6.34. The molecule has 1 aromatic carbocycles. The molecule has 1 aliphatic heterocycles. The minimum absolute atomic E-state index is 0.0260. The summed E-state index contributed by atoms with van der Waals surface area (Å²) in [6.07, 6.45) is 2.04. The monoisotopic (exact) mass is 313 g/mol. The molecule has 0 aliphatic carbocycles. The number of rotatable bonds is 3. The van der Waals surface area contributed by atoms with Gasteiger partial charge in [0.05, 0.1) is 25.2 Å². The summed E-state index contributed by atoms with van der Waals surface area (Å²) in [6, 6.07) is 7.44. The van der Waals surface area contributed by atoms with Gasteiger partial charge in [-0.05, 0) is 18.1 Å². The molecule has 0 atom stereocenters. The number of hydrogen-bond donors (Lipinski definition) is 0. The first-order valence-corrected chi connectivity index (χ1v) is 7.51. The highest BCUT2D eigenvalue weighted by Crippen LogP contribution is 2.18. The van der Waals surface area contributed by atoms with Crippen LogP contribution in [0.5, 0.6) is 0 Å². The number of nitrogens with zero attached hydrogens (tertiary/aromatic N) is 3. The summed E-state index contributed by atoms with van der Waals surface area (Å²) in [5.74, 6) is -0.0502. The molecule has 0 saturated heterocycles. The van der Waals surface area contributed by atoms with Crippen LogP contribution in [-0.2, 0) is 31.4 Å². The van der Waals surface area contributed by atoms with Crippen molar-refractivity contribution in [1.29, 1.82) is 0 Å². The van der Waals surface area contributed by atoms with Crippen molar-refractivity contribution < 1.29 is 9.53 Å². The Morgan fingerprint density at radius 3 is 2.91 bits per heavy atom. The van der Waals surface area contributed by atoms with Gasteiger partial charge < -0.3 is 14.2 Å². The Morgan fingerprint density at radius 2 is 2.13 bits per heavy atom. The fraction of sp³-hybridized carbons (Fsp3) is 0.353. The number of aryl methyl sites for hydroxylation is 1. The summed E-state index contributed by atoms with van der Waals surface area (Å²) in [4.78, 5) is 31.0. The zero-order valence-electron chi connectivity index (χ0n) is 13.3. The van der Waals surface area contributed by atoms with E-state index in [9.17, 15) is 9.59 Å². The van der Waals surface area contributed by atoms with Crippen LogP contribution in [0.1, 0.15) is 27.2 Å². The molecule has 0 spiro atoms. The number of benzene rings is 1. The van der Waals surface area contributed by atoms with E-state index in [1.165, 1.54) is 10.9 Å². The van der Waals surface area contributed by atoms with Gasteiger partial charge in [0.25, 0.3) is 11.5 Å². The van der Waals surface area contributed by atoms with E-state index >= 15 is 0 Å². The third kappa shape index (κ3) is 2.90. The quantitative estimate of drug-likeness (QED) is 0.852. The Labute approximate surface area is 134 Å². The molecule has 1 aromatic heterocycles. The molecule has 1 amide bonds. The standard InChI is InChI=1S/C17H19N3O3/c1-19-11-18-15-9-20(8-7-14(15)16(19)21)17(22)13-6-4-3-5-12(13)10-23-2/h3-6,11H,7-10H2,1-2H3. The maximum Gasteiger partial charge on any atom is 0.256 e. The average Bonchev–Trinajstić information content (AvgIpc) is 2.58. The molecule has 23 heavy (non-hydrogen) atoms. The number of methoxy groups -OCH3 is 1. The Kier molecular flexibility index (Phi) is 4.25. The molecule has 120 valence electrons. The van der Waals surface area contributed by atoms with Gasteiger partial charge in [-0.15, -0.1) is 0 Å². The van der Waals surface area contributed by atoms with E-state index in [0.717, 1.165) is 5.56 Å². The first-order valence-electron chi connectivity index (χ1n) is 7.51. The van der Waals surface area contributed by atoms with E-state index in [4.69, 9.17) is 4.74 Å². The van der Waals surface area contributed by atoms with Crippen molar-refractivity contribution in [2.24, 2.45) is 7.05 Å². The van der Waals surface area contributed by atoms with Crippen molar-refractivity contribution in [1.82, 2.24) is 14.5 Å². The lowest BCUT2D eigenvalue weighted by Crippen LogP contribution is -2.40. The SMILES string of the molecule is COCc1ccccc1C(=O)N1CCc2c(ncn(C)c2=O)C1. The van der Waals surface area contributed by atoms with E-state index in [1.54, 1.807) is 19.1 Å². The second-order valence-corrected chi connectivity index (χ2v) is 5.65. The van der Waals surface area contributed by atoms with E-state index in [2.05, 4.69) is 4.98 Å². The molecule has 2 aromatic rings. The van der Waals surface area contributed by atoms with Gasteiger partial charge in [-0.1, -0.05) is 18.2 Å². The summed E-state index contributed by atoms with van der Waals surface area (Å²) in [6.45, 7) is 1.28. The van der Waals surface area contributed by atoms with Crippen molar-refractivity contribution in [2.45, 2.75) is 19.6 Å². The van der Waals surface area contributed by atoms with Crippen LogP contribution in [0.4, 0.5) is 0 Å². The Balaban J connectivity index is 1.88.